The van der Waals surface area contributed by atoms with Gasteiger partial charge in [0.1, 0.15) is 5.75 Å². The fourth-order valence-electron chi connectivity index (χ4n) is 4.13. The molecule has 10 nitrogen and oxygen atoms in total. The molecular formula is C32H30N4O6. The molecule has 4 rings (SSSR count). The van der Waals surface area contributed by atoms with E-state index in [9.17, 15) is 19.7 Å². The van der Waals surface area contributed by atoms with Crippen molar-refractivity contribution in [3.8, 4) is 16.9 Å². The Hall–Kier alpha value is -5.38. The number of carbonyl (C=O) groups is 2. The molecule has 4 aromatic carbocycles. The van der Waals surface area contributed by atoms with Crippen molar-refractivity contribution in [2.24, 2.45) is 10.2 Å². The summed E-state index contributed by atoms with van der Waals surface area (Å²) >= 11 is 0. The van der Waals surface area contributed by atoms with Crippen LogP contribution in [-0.4, -0.2) is 35.6 Å². The lowest BCUT2D eigenvalue weighted by Gasteiger charge is -2.19. The van der Waals surface area contributed by atoms with Crippen molar-refractivity contribution >= 4 is 34.7 Å². The Balaban J connectivity index is 1.20. The van der Waals surface area contributed by atoms with E-state index in [2.05, 4.69) is 10.2 Å². The molecule has 0 radical (unpaired) electrons. The number of non-ortho nitro benzene ring substituents is 1. The first-order chi connectivity index (χ1) is 20.3. The molecule has 0 unspecified atom stereocenters. The van der Waals surface area contributed by atoms with Crippen molar-refractivity contribution in [3.63, 3.8) is 0 Å². The molecule has 1 N–H and O–H groups in total. The van der Waals surface area contributed by atoms with Crippen molar-refractivity contribution < 1.29 is 24.4 Å². The summed E-state index contributed by atoms with van der Waals surface area (Å²) in [6.45, 7) is 0.653. The number of esters is 1. The molecule has 0 heterocycles. The number of carboxylic acids is 1. The van der Waals surface area contributed by atoms with E-state index in [0.29, 0.717) is 36.5 Å². The first-order valence-corrected chi connectivity index (χ1v) is 13.4. The Morgan fingerprint density at radius 2 is 1.36 bits per heavy atom. The monoisotopic (exact) mass is 566 g/mol. The van der Waals surface area contributed by atoms with Crippen LogP contribution >= 0.6 is 0 Å². The number of nitro groups is 1. The third-order valence-electron chi connectivity index (χ3n) is 6.51. The third kappa shape index (κ3) is 8.82. The molecule has 0 spiro atoms. The summed E-state index contributed by atoms with van der Waals surface area (Å²) in [4.78, 5) is 35.4. The van der Waals surface area contributed by atoms with Crippen LogP contribution in [-0.2, 0) is 16.0 Å². The van der Waals surface area contributed by atoms with Gasteiger partial charge in [-0.15, -0.1) is 0 Å². The summed E-state index contributed by atoms with van der Waals surface area (Å²) in [6, 6.07) is 28.4. The van der Waals surface area contributed by atoms with Crippen molar-refractivity contribution in [1.82, 2.24) is 0 Å². The molecule has 42 heavy (non-hydrogen) atoms. The van der Waals surface area contributed by atoms with Gasteiger partial charge in [-0.3, -0.25) is 19.7 Å². The number of azo groups is 1. The quantitative estimate of drug-likeness (QED) is 0.0581. The first-order valence-electron chi connectivity index (χ1n) is 13.4. The normalized spacial score (nSPS) is 10.9. The Morgan fingerprint density at radius 3 is 1.90 bits per heavy atom. The Morgan fingerprint density at radius 1 is 0.810 bits per heavy atom. The molecule has 0 fully saturated rings. The zero-order valence-corrected chi connectivity index (χ0v) is 23.1. The summed E-state index contributed by atoms with van der Waals surface area (Å²) in [5.74, 6) is -0.638. The maximum Gasteiger partial charge on any atom is 0.311 e. The van der Waals surface area contributed by atoms with Gasteiger partial charge in [0.05, 0.1) is 16.3 Å². The number of benzene rings is 4. The number of nitrogens with zero attached hydrogens (tertiary/aromatic N) is 4. The van der Waals surface area contributed by atoms with E-state index in [4.69, 9.17) is 9.84 Å². The molecule has 0 atom stereocenters. The minimum Gasteiger partial charge on any atom is -0.481 e. The highest BCUT2D eigenvalue weighted by molar-refractivity contribution is 5.73. The van der Waals surface area contributed by atoms with Crippen molar-refractivity contribution in [2.45, 2.75) is 25.7 Å². The van der Waals surface area contributed by atoms with E-state index in [0.717, 1.165) is 22.4 Å². The van der Waals surface area contributed by atoms with Gasteiger partial charge in [0.25, 0.3) is 5.69 Å². The summed E-state index contributed by atoms with van der Waals surface area (Å²) in [5, 5.41) is 27.9. The van der Waals surface area contributed by atoms with Crippen molar-refractivity contribution in [3.05, 3.63) is 113 Å². The van der Waals surface area contributed by atoms with Crippen LogP contribution in [0.25, 0.3) is 11.1 Å². The van der Waals surface area contributed by atoms with Gasteiger partial charge in [0.2, 0.25) is 0 Å². The first kappa shape index (κ1) is 29.6. The third-order valence-corrected chi connectivity index (χ3v) is 6.51. The predicted molar refractivity (Wildman–Crippen MR) is 160 cm³/mol. The zero-order valence-electron chi connectivity index (χ0n) is 23.1. The minimum absolute atomic E-state index is 0.0000393. The van der Waals surface area contributed by atoms with Gasteiger partial charge in [-0.2, -0.15) is 10.2 Å². The Bertz CT molecular complexity index is 1530. The van der Waals surface area contributed by atoms with Crippen molar-refractivity contribution in [2.75, 3.05) is 18.5 Å². The molecule has 0 amide bonds. The number of ether oxygens (including phenoxy) is 1. The summed E-state index contributed by atoms with van der Waals surface area (Å²) in [7, 11) is 1.94. The van der Waals surface area contributed by atoms with Crippen LogP contribution in [0.3, 0.4) is 0 Å². The van der Waals surface area contributed by atoms with E-state index in [1.165, 1.54) is 24.3 Å². The Kier molecular flexibility index (Phi) is 10.1. The van der Waals surface area contributed by atoms with Crippen LogP contribution in [0.5, 0.6) is 5.75 Å². The highest BCUT2D eigenvalue weighted by Gasteiger charge is 2.09. The lowest BCUT2D eigenvalue weighted by Crippen LogP contribution is -2.20. The summed E-state index contributed by atoms with van der Waals surface area (Å²) in [6.07, 6.45) is 1.48. The van der Waals surface area contributed by atoms with Gasteiger partial charge in [0.15, 0.2) is 0 Å². The van der Waals surface area contributed by atoms with E-state index in [1.54, 1.807) is 12.1 Å². The van der Waals surface area contributed by atoms with Gasteiger partial charge < -0.3 is 14.7 Å². The van der Waals surface area contributed by atoms with Crippen LogP contribution < -0.4 is 9.64 Å². The van der Waals surface area contributed by atoms with E-state index in [-0.39, 0.29) is 24.5 Å². The number of aliphatic carboxylic acids is 1. The largest absolute Gasteiger partial charge is 0.481 e. The lowest BCUT2D eigenvalue weighted by molar-refractivity contribution is -0.384. The number of anilines is 1. The van der Waals surface area contributed by atoms with E-state index >= 15 is 0 Å². The second-order valence-corrected chi connectivity index (χ2v) is 9.60. The number of hydrogen-bond donors (Lipinski definition) is 1. The van der Waals surface area contributed by atoms with Gasteiger partial charge >= 0.3 is 11.9 Å². The van der Waals surface area contributed by atoms with Crippen LogP contribution in [0.15, 0.2) is 107 Å². The number of nitro benzene ring substituents is 1. The smallest absolute Gasteiger partial charge is 0.311 e. The van der Waals surface area contributed by atoms with Gasteiger partial charge in [-0.25, -0.2) is 0 Å². The number of carboxylic acid groups (broad SMARTS) is 1. The lowest BCUT2D eigenvalue weighted by atomic mass is 10.0. The number of rotatable bonds is 13. The second kappa shape index (κ2) is 14.3. The topological polar surface area (TPSA) is 135 Å². The minimum atomic E-state index is -0.814. The fraction of sp³-hybridized carbons (Fsp3) is 0.188. The van der Waals surface area contributed by atoms with Gasteiger partial charge in [0, 0.05) is 44.3 Å². The molecular weight excluding hydrogens is 536 g/mol. The average Bonchev–Trinajstić information content (AvgIpc) is 3.00. The summed E-state index contributed by atoms with van der Waals surface area (Å²) < 4.78 is 5.49. The van der Waals surface area contributed by atoms with E-state index < -0.39 is 10.9 Å². The molecule has 0 aliphatic heterocycles. The molecule has 4 aromatic rings. The predicted octanol–water partition coefficient (Wildman–Crippen LogP) is 7.52. The number of carbonyl (C=O) groups excluding carboxylic acids is 1. The fourth-order valence-corrected chi connectivity index (χ4v) is 4.13. The SMILES string of the molecule is CN(CCCC(=O)Oc1ccc(-c2ccc(CCC(=O)O)cc2)cc1)c1ccc(N=Nc2ccc([N+](=O)[O-])cc2)cc1. The second-order valence-electron chi connectivity index (χ2n) is 9.60. The number of aryl methyl sites for hydroxylation is 1. The summed E-state index contributed by atoms with van der Waals surface area (Å²) in [5.41, 5.74) is 5.06. The molecule has 0 aromatic heterocycles. The standard InChI is InChI=1S/C32H30N4O6/c1-35(28-15-11-26(12-16-28)33-34-27-13-17-29(18-14-27)36(40)41)22-2-3-32(39)42-30-19-9-25(10-20-30)24-7-4-23(5-8-24)6-21-31(37)38/h4-5,7-20H,2-3,6,21-22H2,1H3,(H,37,38). The molecule has 10 heteroatoms. The maximum absolute atomic E-state index is 12.4. The van der Waals surface area contributed by atoms with E-state index in [1.807, 2.05) is 72.6 Å². The van der Waals surface area contributed by atoms with Crippen LogP contribution in [0, 0.1) is 10.1 Å². The molecule has 0 saturated heterocycles. The number of hydrogen-bond acceptors (Lipinski definition) is 8. The van der Waals surface area contributed by atoms with Crippen molar-refractivity contribution in [1.29, 1.82) is 0 Å². The molecule has 214 valence electrons. The highest BCUT2D eigenvalue weighted by Crippen LogP contribution is 2.25. The maximum atomic E-state index is 12.4. The Labute approximate surface area is 243 Å². The van der Waals surface area contributed by atoms with Gasteiger partial charge in [-0.1, -0.05) is 36.4 Å². The molecule has 0 aliphatic rings. The zero-order chi connectivity index (χ0) is 29.9. The van der Waals surface area contributed by atoms with Gasteiger partial charge in [-0.05, 0) is 78.1 Å². The highest BCUT2D eigenvalue weighted by atomic mass is 16.6. The van der Waals surface area contributed by atoms with Crippen LogP contribution in [0.1, 0.15) is 24.8 Å². The molecule has 0 aliphatic carbocycles. The molecule has 0 saturated carbocycles. The molecule has 0 bridgehead atoms. The average molecular weight is 567 g/mol. The van der Waals surface area contributed by atoms with Crippen LogP contribution in [0.4, 0.5) is 22.7 Å². The van der Waals surface area contributed by atoms with Crippen LogP contribution in [0.2, 0.25) is 0 Å².